The number of hydrogen-bond acceptors (Lipinski definition) is 7. The molecule has 9 heteroatoms. The minimum atomic E-state index is -0.705. The summed E-state index contributed by atoms with van der Waals surface area (Å²) >= 11 is 7.41. The minimum Gasteiger partial charge on any atom is -0.493 e. The Kier molecular flexibility index (Phi) is 8.37. The Morgan fingerprint density at radius 3 is 2.57 bits per heavy atom. The third kappa shape index (κ3) is 5.66. The monoisotopic (exact) mass is 624 g/mol. The standard InChI is InChI=1S/C35H29ClN2O5S/c1-4-42-34(40)31-21(2)37-35-38(32(31)24-13-15-26(36)16-14-24)33(39)30(44-35)19-22-12-17-28(29(18-22)41-3)43-20-25-10-7-9-23-8-5-6-11-27(23)25/h5-19,32H,4,20H2,1-3H3. The number of esters is 1. The van der Waals surface area contributed by atoms with Crippen LogP contribution in [0.15, 0.2) is 106 Å². The Morgan fingerprint density at radius 2 is 1.80 bits per heavy atom. The van der Waals surface area contributed by atoms with Crippen LogP contribution >= 0.6 is 22.9 Å². The number of carbonyl (C=O) groups excluding carboxylic acids is 1. The van der Waals surface area contributed by atoms with Crippen molar-refractivity contribution in [2.75, 3.05) is 13.7 Å². The Bertz CT molecular complexity index is 2090. The fraction of sp³-hybridized carbons (Fsp3) is 0.171. The average molecular weight is 625 g/mol. The maximum absolute atomic E-state index is 13.9. The second-order valence-corrected chi connectivity index (χ2v) is 11.6. The van der Waals surface area contributed by atoms with Crippen molar-refractivity contribution >= 4 is 45.8 Å². The predicted molar refractivity (Wildman–Crippen MR) is 173 cm³/mol. The van der Waals surface area contributed by atoms with Gasteiger partial charge < -0.3 is 14.2 Å². The van der Waals surface area contributed by atoms with E-state index in [2.05, 4.69) is 29.3 Å². The van der Waals surface area contributed by atoms with Gasteiger partial charge in [-0.05, 0) is 71.7 Å². The third-order valence-corrected chi connectivity index (χ3v) is 8.69. The van der Waals surface area contributed by atoms with Gasteiger partial charge in [0.15, 0.2) is 16.3 Å². The van der Waals surface area contributed by atoms with Gasteiger partial charge in [0.05, 0.1) is 35.6 Å². The number of carbonyl (C=O) groups is 1. The Balaban J connectivity index is 1.36. The van der Waals surface area contributed by atoms with Gasteiger partial charge in [0.2, 0.25) is 0 Å². The van der Waals surface area contributed by atoms with Gasteiger partial charge in [0.1, 0.15) is 6.61 Å². The lowest BCUT2D eigenvalue weighted by atomic mass is 9.96. The summed E-state index contributed by atoms with van der Waals surface area (Å²) in [6.07, 6.45) is 1.79. The van der Waals surface area contributed by atoms with Crippen molar-refractivity contribution in [3.8, 4) is 11.5 Å². The van der Waals surface area contributed by atoms with E-state index in [9.17, 15) is 9.59 Å². The van der Waals surface area contributed by atoms with Gasteiger partial charge in [-0.1, -0.05) is 83.6 Å². The fourth-order valence-corrected chi connectivity index (χ4v) is 6.54. The van der Waals surface area contributed by atoms with Crippen molar-refractivity contribution < 1.29 is 19.0 Å². The van der Waals surface area contributed by atoms with Crippen molar-refractivity contribution in [3.05, 3.63) is 138 Å². The normalized spacial score (nSPS) is 14.7. The van der Waals surface area contributed by atoms with E-state index in [1.807, 2.05) is 48.5 Å². The molecular weight excluding hydrogens is 596 g/mol. The molecular formula is C35H29ClN2O5S. The number of halogens is 1. The molecule has 1 atom stereocenters. The number of benzene rings is 4. The molecule has 0 bridgehead atoms. The van der Waals surface area contributed by atoms with E-state index in [0.717, 1.165) is 27.5 Å². The van der Waals surface area contributed by atoms with E-state index in [0.29, 0.717) is 43.7 Å². The molecule has 4 aromatic carbocycles. The van der Waals surface area contributed by atoms with Gasteiger partial charge in [0, 0.05) is 5.02 Å². The Hall–Kier alpha value is -4.66. The van der Waals surface area contributed by atoms with Crippen molar-refractivity contribution in [2.45, 2.75) is 26.5 Å². The molecule has 1 aromatic heterocycles. The molecule has 0 radical (unpaired) electrons. The lowest BCUT2D eigenvalue weighted by molar-refractivity contribution is -0.139. The molecule has 1 aliphatic rings. The van der Waals surface area contributed by atoms with E-state index in [1.54, 1.807) is 43.7 Å². The zero-order valence-corrected chi connectivity index (χ0v) is 25.9. The number of aromatic nitrogens is 1. The third-order valence-electron chi connectivity index (χ3n) is 7.45. The van der Waals surface area contributed by atoms with Crippen molar-refractivity contribution in [3.63, 3.8) is 0 Å². The maximum atomic E-state index is 13.9. The molecule has 1 aliphatic heterocycles. The highest BCUT2D eigenvalue weighted by atomic mass is 35.5. The molecule has 2 heterocycles. The predicted octanol–water partition coefficient (Wildman–Crippen LogP) is 6.19. The molecule has 0 aliphatic carbocycles. The van der Waals surface area contributed by atoms with Gasteiger partial charge in [-0.2, -0.15) is 0 Å². The number of nitrogens with zero attached hydrogens (tertiary/aromatic N) is 2. The summed E-state index contributed by atoms with van der Waals surface area (Å²) in [6.45, 7) is 4.09. The molecule has 222 valence electrons. The quantitative estimate of drug-likeness (QED) is 0.192. The molecule has 6 rings (SSSR count). The lowest BCUT2D eigenvalue weighted by Gasteiger charge is -2.24. The van der Waals surface area contributed by atoms with Crippen molar-refractivity contribution in [1.82, 2.24) is 4.57 Å². The van der Waals surface area contributed by atoms with E-state index in [1.165, 1.54) is 11.3 Å². The smallest absolute Gasteiger partial charge is 0.338 e. The largest absolute Gasteiger partial charge is 0.493 e. The molecule has 0 N–H and O–H groups in total. The number of allylic oxidation sites excluding steroid dienone is 1. The number of thiazole rings is 1. The van der Waals surface area contributed by atoms with E-state index >= 15 is 0 Å². The summed E-state index contributed by atoms with van der Waals surface area (Å²) in [4.78, 5) is 32.1. The Morgan fingerprint density at radius 1 is 1.02 bits per heavy atom. The van der Waals surface area contributed by atoms with Crippen LogP contribution < -0.4 is 24.4 Å². The number of hydrogen-bond donors (Lipinski definition) is 0. The van der Waals surface area contributed by atoms with Crippen molar-refractivity contribution in [2.24, 2.45) is 4.99 Å². The molecule has 0 amide bonds. The van der Waals surface area contributed by atoms with Crippen LogP contribution in [0.3, 0.4) is 0 Å². The van der Waals surface area contributed by atoms with Crippen molar-refractivity contribution in [1.29, 1.82) is 0 Å². The van der Waals surface area contributed by atoms with Crippen LogP contribution in [-0.2, 0) is 16.1 Å². The summed E-state index contributed by atoms with van der Waals surface area (Å²) in [7, 11) is 1.59. The SMILES string of the molecule is CCOC(=O)C1=C(C)N=c2sc(=Cc3ccc(OCc4cccc5ccccc45)c(OC)c3)c(=O)n2C1c1ccc(Cl)cc1. The van der Waals surface area contributed by atoms with Crippen LogP contribution in [0.4, 0.5) is 0 Å². The van der Waals surface area contributed by atoms with Crippen LogP contribution in [0.2, 0.25) is 5.02 Å². The molecule has 0 spiro atoms. The number of methoxy groups -OCH3 is 1. The number of fused-ring (bicyclic) bond motifs is 2. The van der Waals surface area contributed by atoms with E-state index in [4.69, 9.17) is 25.8 Å². The highest BCUT2D eigenvalue weighted by molar-refractivity contribution is 7.07. The van der Waals surface area contributed by atoms with E-state index < -0.39 is 12.0 Å². The number of rotatable bonds is 8. The average Bonchev–Trinajstić information content (AvgIpc) is 3.33. The molecule has 7 nitrogen and oxygen atoms in total. The van der Waals surface area contributed by atoms with Gasteiger partial charge >= 0.3 is 5.97 Å². The maximum Gasteiger partial charge on any atom is 0.338 e. The molecule has 5 aromatic rings. The highest BCUT2D eigenvalue weighted by Gasteiger charge is 2.33. The molecule has 0 saturated carbocycles. The minimum absolute atomic E-state index is 0.205. The summed E-state index contributed by atoms with van der Waals surface area (Å²) in [6, 6.07) is 26.3. The van der Waals surface area contributed by atoms with Gasteiger partial charge in [-0.15, -0.1) is 0 Å². The van der Waals surface area contributed by atoms with Gasteiger partial charge in [-0.3, -0.25) is 9.36 Å². The first-order chi connectivity index (χ1) is 21.4. The molecule has 1 unspecified atom stereocenters. The van der Waals surface area contributed by atoms with E-state index in [-0.39, 0.29) is 12.2 Å². The molecule has 0 saturated heterocycles. The molecule has 44 heavy (non-hydrogen) atoms. The summed E-state index contributed by atoms with van der Waals surface area (Å²) < 4.78 is 19.2. The first kappa shape index (κ1) is 29.4. The zero-order chi connectivity index (χ0) is 30.8. The second-order valence-electron chi connectivity index (χ2n) is 10.2. The lowest BCUT2D eigenvalue weighted by Crippen LogP contribution is -2.39. The van der Waals surface area contributed by atoms with Gasteiger partial charge in [0.25, 0.3) is 5.56 Å². The first-order valence-corrected chi connectivity index (χ1v) is 15.3. The topological polar surface area (TPSA) is 79.1 Å². The van der Waals surface area contributed by atoms with Crippen LogP contribution in [0.5, 0.6) is 11.5 Å². The zero-order valence-electron chi connectivity index (χ0n) is 24.4. The Labute approximate surface area is 262 Å². The molecule has 0 fully saturated rings. The summed E-state index contributed by atoms with van der Waals surface area (Å²) in [5, 5.41) is 2.84. The van der Waals surface area contributed by atoms with Crippen LogP contribution in [0.1, 0.15) is 36.6 Å². The number of ether oxygens (including phenoxy) is 3. The van der Waals surface area contributed by atoms with Crippen LogP contribution in [0.25, 0.3) is 16.8 Å². The summed E-state index contributed by atoms with van der Waals surface area (Å²) in [5.41, 5.74) is 3.12. The van der Waals surface area contributed by atoms with Gasteiger partial charge in [-0.25, -0.2) is 9.79 Å². The van der Waals surface area contributed by atoms with Crippen LogP contribution in [-0.4, -0.2) is 24.3 Å². The fourth-order valence-electron chi connectivity index (χ4n) is 5.37. The summed E-state index contributed by atoms with van der Waals surface area (Å²) in [5.74, 6) is 0.634. The van der Waals surface area contributed by atoms with Crippen LogP contribution in [0, 0.1) is 0 Å². The first-order valence-electron chi connectivity index (χ1n) is 14.1. The second kappa shape index (κ2) is 12.5. The highest BCUT2D eigenvalue weighted by Crippen LogP contribution is 2.32.